The molecule has 2 unspecified atom stereocenters. The third-order valence-electron chi connectivity index (χ3n) is 2.83. The molecule has 21 heavy (non-hydrogen) atoms. The monoisotopic (exact) mass is 369 g/mol. The van der Waals surface area contributed by atoms with Gasteiger partial charge in [-0.25, -0.2) is 0 Å². The van der Waals surface area contributed by atoms with Crippen molar-refractivity contribution in [2.24, 2.45) is 0 Å². The molecule has 120 valence electrons. The summed E-state index contributed by atoms with van der Waals surface area (Å²) in [6, 6.07) is 4.53. The zero-order valence-corrected chi connectivity index (χ0v) is 13.7. The van der Waals surface area contributed by atoms with Crippen molar-refractivity contribution in [2.45, 2.75) is 45.7 Å². The van der Waals surface area contributed by atoms with E-state index in [1.807, 2.05) is 6.92 Å². The number of ether oxygens (including phenoxy) is 2. The lowest BCUT2D eigenvalue weighted by molar-refractivity contribution is -0.274. The van der Waals surface area contributed by atoms with Gasteiger partial charge < -0.3 is 14.8 Å². The smallest absolute Gasteiger partial charge is 0.489 e. The summed E-state index contributed by atoms with van der Waals surface area (Å²) in [4.78, 5) is 0. The van der Waals surface area contributed by atoms with Crippen LogP contribution in [0.1, 0.15) is 27.2 Å². The number of hydrogen-bond acceptors (Lipinski definition) is 3. The van der Waals surface area contributed by atoms with Gasteiger partial charge in [0.2, 0.25) is 0 Å². The fraction of sp³-hybridized carbons (Fsp3) is 0.571. The Morgan fingerprint density at radius 1 is 1.29 bits per heavy atom. The van der Waals surface area contributed by atoms with Crippen LogP contribution >= 0.6 is 15.9 Å². The minimum Gasteiger partial charge on any atom is -0.489 e. The van der Waals surface area contributed by atoms with E-state index in [9.17, 15) is 13.2 Å². The van der Waals surface area contributed by atoms with Gasteiger partial charge in [-0.1, -0.05) is 6.92 Å². The molecule has 1 aromatic rings. The molecule has 0 saturated carbocycles. The van der Waals surface area contributed by atoms with Crippen molar-refractivity contribution in [3.05, 3.63) is 22.7 Å². The molecule has 7 heteroatoms. The molecule has 0 aliphatic carbocycles. The number of benzene rings is 1. The van der Waals surface area contributed by atoms with Crippen LogP contribution in [-0.4, -0.2) is 25.1 Å². The zero-order chi connectivity index (χ0) is 16.0. The molecule has 0 radical (unpaired) electrons. The highest BCUT2D eigenvalue weighted by atomic mass is 79.9. The summed E-state index contributed by atoms with van der Waals surface area (Å²) < 4.78 is 46.2. The minimum atomic E-state index is -4.71. The average Bonchev–Trinajstić information content (AvgIpc) is 2.38. The summed E-state index contributed by atoms with van der Waals surface area (Å²) in [5, 5.41) is 3.30. The summed E-state index contributed by atoms with van der Waals surface area (Å²) in [6.07, 6.45) is -3.79. The Balaban J connectivity index is 2.59. The summed E-state index contributed by atoms with van der Waals surface area (Å²) >= 11 is 3.04. The van der Waals surface area contributed by atoms with Crippen LogP contribution in [0.5, 0.6) is 11.5 Å². The number of halogens is 4. The van der Waals surface area contributed by atoms with Gasteiger partial charge >= 0.3 is 6.36 Å². The van der Waals surface area contributed by atoms with E-state index in [2.05, 4.69) is 39.8 Å². The van der Waals surface area contributed by atoms with Crippen molar-refractivity contribution in [2.75, 3.05) is 6.54 Å². The molecule has 0 amide bonds. The highest BCUT2D eigenvalue weighted by molar-refractivity contribution is 9.10. The molecule has 0 saturated heterocycles. The highest BCUT2D eigenvalue weighted by Gasteiger charge is 2.32. The molecule has 0 fully saturated rings. The quantitative estimate of drug-likeness (QED) is 0.767. The largest absolute Gasteiger partial charge is 0.573 e. The lowest BCUT2D eigenvalue weighted by Crippen LogP contribution is -2.34. The topological polar surface area (TPSA) is 30.5 Å². The van der Waals surface area contributed by atoms with E-state index in [-0.39, 0.29) is 16.3 Å². The number of hydrogen-bond donors (Lipinski definition) is 1. The Hall–Kier alpha value is -0.950. The van der Waals surface area contributed by atoms with Crippen LogP contribution < -0.4 is 14.8 Å². The van der Waals surface area contributed by atoms with Gasteiger partial charge in [0, 0.05) is 12.6 Å². The van der Waals surface area contributed by atoms with Gasteiger partial charge in [-0.05, 0) is 54.4 Å². The van der Waals surface area contributed by atoms with Crippen LogP contribution in [0, 0.1) is 0 Å². The van der Waals surface area contributed by atoms with Crippen LogP contribution in [0.3, 0.4) is 0 Å². The predicted molar refractivity (Wildman–Crippen MR) is 78.7 cm³/mol. The maximum atomic E-state index is 12.2. The maximum Gasteiger partial charge on any atom is 0.573 e. The molecular weight excluding hydrogens is 351 g/mol. The molecule has 0 bridgehead atoms. The van der Waals surface area contributed by atoms with Gasteiger partial charge in [0.05, 0.1) is 4.47 Å². The first-order valence-corrected chi connectivity index (χ1v) is 7.46. The SMILES string of the molecule is CCC(C)NCC(C)Oc1ccc(OC(F)(F)F)c(Br)c1. The number of rotatable bonds is 7. The van der Waals surface area contributed by atoms with Crippen LogP contribution in [0.15, 0.2) is 22.7 Å². The average molecular weight is 370 g/mol. The van der Waals surface area contributed by atoms with E-state index in [0.717, 1.165) is 6.42 Å². The Kier molecular flexibility index (Phi) is 6.80. The fourth-order valence-electron chi connectivity index (χ4n) is 1.55. The van der Waals surface area contributed by atoms with Gasteiger partial charge in [-0.2, -0.15) is 0 Å². The lowest BCUT2D eigenvalue weighted by Gasteiger charge is -2.19. The Morgan fingerprint density at radius 2 is 1.95 bits per heavy atom. The van der Waals surface area contributed by atoms with Crippen molar-refractivity contribution < 1.29 is 22.6 Å². The Labute approximate surface area is 130 Å². The van der Waals surface area contributed by atoms with Crippen molar-refractivity contribution in [3.8, 4) is 11.5 Å². The molecule has 1 rings (SSSR count). The highest BCUT2D eigenvalue weighted by Crippen LogP contribution is 2.33. The second-order valence-electron chi connectivity index (χ2n) is 4.79. The van der Waals surface area contributed by atoms with Crippen molar-refractivity contribution >= 4 is 15.9 Å². The van der Waals surface area contributed by atoms with E-state index >= 15 is 0 Å². The minimum absolute atomic E-state index is 0.0970. The molecule has 2 atom stereocenters. The molecule has 0 spiro atoms. The number of nitrogens with one attached hydrogen (secondary N) is 1. The molecule has 0 aromatic heterocycles. The molecule has 0 aliphatic heterocycles. The van der Waals surface area contributed by atoms with Gasteiger partial charge in [0.15, 0.2) is 0 Å². The van der Waals surface area contributed by atoms with E-state index < -0.39 is 6.36 Å². The summed E-state index contributed by atoms with van der Waals surface area (Å²) in [5.74, 6) is 0.190. The number of alkyl halides is 3. The predicted octanol–water partition coefficient (Wildman–Crippen LogP) is 4.50. The fourth-order valence-corrected chi connectivity index (χ4v) is 1.99. The second kappa shape index (κ2) is 7.89. The molecule has 0 heterocycles. The molecular formula is C14H19BrF3NO2. The van der Waals surface area contributed by atoms with Crippen molar-refractivity contribution in [3.63, 3.8) is 0 Å². The Morgan fingerprint density at radius 3 is 2.48 bits per heavy atom. The molecule has 1 N–H and O–H groups in total. The normalized spacial score (nSPS) is 14.6. The van der Waals surface area contributed by atoms with Gasteiger partial charge in [-0.3, -0.25) is 0 Å². The van der Waals surface area contributed by atoms with E-state index in [1.54, 1.807) is 0 Å². The van der Waals surface area contributed by atoms with Crippen molar-refractivity contribution in [1.82, 2.24) is 5.32 Å². The van der Waals surface area contributed by atoms with Crippen LogP contribution in [0.4, 0.5) is 13.2 Å². The van der Waals surface area contributed by atoms with Crippen LogP contribution in [0.25, 0.3) is 0 Å². The van der Waals surface area contributed by atoms with E-state index in [0.29, 0.717) is 18.3 Å². The Bertz CT molecular complexity index is 454. The third-order valence-corrected chi connectivity index (χ3v) is 3.45. The standard InChI is InChI=1S/C14H19BrF3NO2/c1-4-9(2)19-8-10(3)20-11-5-6-13(12(15)7-11)21-14(16,17)18/h5-7,9-10,19H,4,8H2,1-3H3. The van der Waals surface area contributed by atoms with E-state index in [1.165, 1.54) is 18.2 Å². The summed E-state index contributed by atoms with van der Waals surface area (Å²) in [7, 11) is 0. The first-order chi connectivity index (χ1) is 9.71. The first-order valence-electron chi connectivity index (χ1n) is 6.66. The van der Waals surface area contributed by atoms with Crippen molar-refractivity contribution in [1.29, 1.82) is 0 Å². The molecule has 0 aliphatic rings. The van der Waals surface area contributed by atoms with Gasteiger partial charge in [0.25, 0.3) is 0 Å². The maximum absolute atomic E-state index is 12.2. The van der Waals surface area contributed by atoms with Crippen LogP contribution in [0.2, 0.25) is 0 Å². The zero-order valence-electron chi connectivity index (χ0n) is 12.1. The summed E-state index contributed by atoms with van der Waals surface area (Å²) in [6.45, 7) is 6.71. The molecule has 3 nitrogen and oxygen atoms in total. The van der Waals surface area contributed by atoms with Crippen LogP contribution in [-0.2, 0) is 0 Å². The van der Waals surface area contributed by atoms with E-state index in [4.69, 9.17) is 4.74 Å². The first kappa shape index (κ1) is 18.1. The lowest BCUT2D eigenvalue weighted by atomic mass is 10.2. The van der Waals surface area contributed by atoms with Gasteiger partial charge in [0.1, 0.15) is 17.6 Å². The molecule has 1 aromatic carbocycles. The third kappa shape index (κ3) is 7.04. The summed E-state index contributed by atoms with van der Waals surface area (Å²) in [5.41, 5.74) is 0. The van der Waals surface area contributed by atoms with Gasteiger partial charge in [-0.15, -0.1) is 13.2 Å². The second-order valence-corrected chi connectivity index (χ2v) is 5.64.